The number of halogens is 2. The average molecular weight is 321 g/mol. The predicted molar refractivity (Wildman–Crippen MR) is 67.0 cm³/mol. The van der Waals surface area contributed by atoms with Crippen molar-refractivity contribution >= 4 is 33.4 Å². The lowest BCUT2D eigenvalue weighted by Crippen LogP contribution is -2.34. The summed E-state index contributed by atoms with van der Waals surface area (Å²) in [4.78, 5) is 29.2. The lowest BCUT2D eigenvalue weighted by atomic mass is 10.4. The summed E-state index contributed by atoms with van der Waals surface area (Å²) in [6.07, 6.45) is 3.36. The van der Waals surface area contributed by atoms with E-state index in [2.05, 4.69) is 20.9 Å². The molecule has 5 nitrogen and oxygen atoms in total. The van der Waals surface area contributed by atoms with Crippen molar-refractivity contribution in [3.8, 4) is 0 Å². The van der Waals surface area contributed by atoms with E-state index in [0.717, 1.165) is 25.9 Å². The van der Waals surface area contributed by atoms with E-state index in [1.54, 1.807) is 4.90 Å². The summed E-state index contributed by atoms with van der Waals surface area (Å²) in [5, 5.41) is 0.111. The van der Waals surface area contributed by atoms with Crippen molar-refractivity contribution in [2.75, 3.05) is 13.1 Å². The van der Waals surface area contributed by atoms with Gasteiger partial charge in [0, 0.05) is 13.1 Å². The molecule has 7 heteroatoms. The summed E-state index contributed by atoms with van der Waals surface area (Å²) in [7, 11) is 0. The van der Waals surface area contributed by atoms with Crippen LogP contribution in [0.4, 0.5) is 0 Å². The first-order valence-electron chi connectivity index (χ1n) is 5.28. The Morgan fingerprint density at radius 1 is 1.47 bits per heavy atom. The van der Waals surface area contributed by atoms with E-state index in [1.807, 2.05) is 0 Å². The lowest BCUT2D eigenvalue weighted by molar-refractivity contribution is -0.130. The van der Waals surface area contributed by atoms with Gasteiger partial charge in [-0.25, -0.2) is 4.98 Å². The molecule has 2 rings (SSSR count). The molecule has 1 aliphatic heterocycles. The third kappa shape index (κ3) is 2.69. The molecule has 0 N–H and O–H groups in total. The second-order valence-corrected chi connectivity index (χ2v) is 5.02. The Labute approximate surface area is 112 Å². The molecule has 0 aliphatic carbocycles. The van der Waals surface area contributed by atoms with Gasteiger partial charge < -0.3 is 4.90 Å². The smallest absolute Gasteiger partial charge is 0.269 e. The summed E-state index contributed by atoms with van der Waals surface area (Å²) < 4.78 is 1.45. The quantitative estimate of drug-likeness (QED) is 0.771. The van der Waals surface area contributed by atoms with Gasteiger partial charge in [-0.1, -0.05) is 11.6 Å². The summed E-state index contributed by atoms with van der Waals surface area (Å²) >= 11 is 8.73. The Balaban J connectivity index is 2.16. The first-order chi connectivity index (χ1) is 8.09. The molecule has 0 spiro atoms. The van der Waals surface area contributed by atoms with Crippen LogP contribution in [0.15, 0.2) is 15.6 Å². The fourth-order valence-electron chi connectivity index (χ4n) is 1.77. The molecule has 1 amide bonds. The predicted octanol–water partition coefficient (Wildman–Crippen LogP) is 1.28. The molecule has 0 aromatic carbocycles. The SMILES string of the molecule is O=C(Cn1cnc(Cl)c(Br)c1=O)N1CCCC1. The number of nitrogens with zero attached hydrogens (tertiary/aromatic N) is 3. The van der Waals surface area contributed by atoms with E-state index >= 15 is 0 Å². The Kier molecular flexibility index (Phi) is 3.83. The van der Waals surface area contributed by atoms with E-state index in [9.17, 15) is 9.59 Å². The van der Waals surface area contributed by atoms with Crippen molar-refractivity contribution in [1.29, 1.82) is 0 Å². The van der Waals surface area contributed by atoms with Crippen LogP contribution < -0.4 is 5.56 Å². The van der Waals surface area contributed by atoms with Crippen LogP contribution in [-0.2, 0) is 11.3 Å². The number of carbonyl (C=O) groups excluding carboxylic acids is 1. The summed E-state index contributed by atoms with van der Waals surface area (Å²) in [6, 6.07) is 0. The number of hydrogen-bond donors (Lipinski definition) is 0. The highest BCUT2D eigenvalue weighted by Crippen LogP contribution is 2.14. The number of hydrogen-bond acceptors (Lipinski definition) is 3. The van der Waals surface area contributed by atoms with Crippen molar-refractivity contribution in [3.05, 3.63) is 26.3 Å². The van der Waals surface area contributed by atoms with Gasteiger partial charge in [0.15, 0.2) is 5.15 Å². The molecule has 1 aromatic rings. The molecular weight excluding hydrogens is 309 g/mol. The number of aromatic nitrogens is 2. The van der Waals surface area contributed by atoms with Crippen LogP contribution in [0.1, 0.15) is 12.8 Å². The van der Waals surface area contributed by atoms with Gasteiger partial charge in [-0.05, 0) is 28.8 Å². The van der Waals surface area contributed by atoms with Crippen molar-refractivity contribution in [2.24, 2.45) is 0 Å². The van der Waals surface area contributed by atoms with E-state index in [0.29, 0.717) is 0 Å². The molecule has 0 radical (unpaired) electrons. The van der Waals surface area contributed by atoms with Crippen LogP contribution in [0.2, 0.25) is 5.15 Å². The molecule has 2 heterocycles. The summed E-state index contributed by atoms with van der Waals surface area (Å²) in [6.45, 7) is 1.56. The molecule has 0 atom stereocenters. The van der Waals surface area contributed by atoms with Crippen LogP contribution in [0.25, 0.3) is 0 Å². The van der Waals surface area contributed by atoms with Crippen LogP contribution in [0.5, 0.6) is 0 Å². The maximum atomic E-state index is 11.9. The minimum atomic E-state index is -0.336. The fourth-order valence-corrected chi connectivity index (χ4v) is 2.22. The third-order valence-electron chi connectivity index (χ3n) is 2.70. The van der Waals surface area contributed by atoms with Crippen molar-refractivity contribution in [3.63, 3.8) is 0 Å². The molecule has 1 saturated heterocycles. The Bertz CT molecular complexity index is 497. The maximum absolute atomic E-state index is 11.9. The van der Waals surface area contributed by atoms with E-state index in [1.165, 1.54) is 10.9 Å². The highest BCUT2D eigenvalue weighted by molar-refractivity contribution is 9.10. The second-order valence-electron chi connectivity index (χ2n) is 3.87. The number of rotatable bonds is 2. The van der Waals surface area contributed by atoms with E-state index in [4.69, 9.17) is 11.6 Å². The standard InChI is InChI=1S/C10H11BrClN3O2/c11-8-9(12)13-6-15(10(8)17)5-7(16)14-3-1-2-4-14/h6H,1-5H2. The fraction of sp³-hybridized carbons (Fsp3) is 0.500. The minimum absolute atomic E-state index is 0.0155. The molecule has 92 valence electrons. The topological polar surface area (TPSA) is 55.2 Å². The van der Waals surface area contributed by atoms with Gasteiger partial charge >= 0.3 is 0 Å². The monoisotopic (exact) mass is 319 g/mol. The Morgan fingerprint density at radius 3 is 2.76 bits per heavy atom. The molecule has 0 unspecified atom stereocenters. The second kappa shape index (κ2) is 5.18. The van der Waals surface area contributed by atoms with Crippen LogP contribution in [0, 0.1) is 0 Å². The first-order valence-corrected chi connectivity index (χ1v) is 6.45. The van der Waals surface area contributed by atoms with E-state index < -0.39 is 0 Å². The Morgan fingerprint density at radius 2 is 2.12 bits per heavy atom. The average Bonchev–Trinajstić information content (AvgIpc) is 2.83. The zero-order chi connectivity index (χ0) is 12.4. The normalized spacial score (nSPS) is 15.3. The highest BCUT2D eigenvalue weighted by atomic mass is 79.9. The van der Waals surface area contributed by atoms with Crippen molar-refractivity contribution < 1.29 is 4.79 Å². The number of carbonyl (C=O) groups is 1. The molecule has 1 fully saturated rings. The van der Waals surface area contributed by atoms with Crippen molar-refractivity contribution in [2.45, 2.75) is 19.4 Å². The molecular formula is C10H11BrClN3O2. The molecule has 0 saturated carbocycles. The van der Waals surface area contributed by atoms with Gasteiger partial charge in [-0.2, -0.15) is 0 Å². The van der Waals surface area contributed by atoms with Gasteiger partial charge in [0.25, 0.3) is 5.56 Å². The number of amides is 1. The zero-order valence-electron chi connectivity index (χ0n) is 9.03. The van der Waals surface area contributed by atoms with Crippen LogP contribution in [-0.4, -0.2) is 33.4 Å². The van der Waals surface area contributed by atoms with Gasteiger partial charge in [0.05, 0.1) is 6.33 Å². The van der Waals surface area contributed by atoms with Gasteiger partial charge in [0.1, 0.15) is 11.0 Å². The van der Waals surface area contributed by atoms with Gasteiger partial charge in [-0.15, -0.1) is 0 Å². The van der Waals surface area contributed by atoms with Crippen LogP contribution >= 0.6 is 27.5 Å². The summed E-state index contributed by atoms with van der Waals surface area (Å²) in [5.41, 5.74) is -0.336. The van der Waals surface area contributed by atoms with Gasteiger partial charge in [-0.3, -0.25) is 14.2 Å². The third-order valence-corrected chi connectivity index (χ3v) is 3.93. The molecule has 0 bridgehead atoms. The maximum Gasteiger partial charge on any atom is 0.269 e. The molecule has 1 aliphatic rings. The van der Waals surface area contributed by atoms with Crippen molar-refractivity contribution in [1.82, 2.24) is 14.5 Å². The minimum Gasteiger partial charge on any atom is -0.341 e. The number of likely N-dealkylation sites (tertiary alicyclic amines) is 1. The molecule has 17 heavy (non-hydrogen) atoms. The zero-order valence-corrected chi connectivity index (χ0v) is 11.4. The first kappa shape index (κ1) is 12.6. The van der Waals surface area contributed by atoms with Crippen LogP contribution in [0.3, 0.4) is 0 Å². The van der Waals surface area contributed by atoms with E-state index in [-0.39, 0.29) is 27.6 Å². The highest BCUT2D eigenvalue weighted by Gasteiger charge is 2.19. The lowest BCUT2D eigenvalue weighted by Gasteiger charge is -2.15. The summed E-state index contributed by atoms with van der Waals surface area (Å²) in [5.74, 6) is -0.0550. The largest absolute Gasteiger partial charge is 0.341 e. The Hall–Kier alpha value is -0.880. The van der Waals surface area contributed by atoms with Gasteiger partial charge in [0.2, 0.25) is 5.91 Å². The molecule has 1 aromatic heterocycles.